The summed E-state index contributed by atoms with van der Waals surface area (Å²) in [5, 5.41) is 5.18. The third-order valence-electron chi connectivity index (χ3n) is 3.42. The topological polar surface area (TPSA) is 60.5 Å². The smallest absolute Gasteiger partial charge is 0.269 e. The van der Waals surface area contributed by atoms with E-state index in [0.717, 1.165) is 44.1 Å². The third kappa shape index (κ3) is 3.68. The van der Waals surface area contributed by atoms with Crippen molar-refractivity contribution in [2.45, 2.75) is 13.8 Å². The fourth-order valence-electron chi connectivity index (χ4n) is 2.20. The maximum absolute atomic E-state index is 12.4. The molecule has 6 heteroatoms. The molecule has 0 aliphatic carbocycles. The number of aromatic nitrogens is 1. The van der Waals surface area contributed by atoms with Crippen LogP contribution in [0.1, 0.15) is 23.0 Å². The Bertz CT molecular complexity index is 469. The molecule has 1 fully saturated rings. The average molecular weight is 277 g/mol. The van der Waals surface area contributed by atoms with E-state index in [1.165, 1.54) is 0 Å². The molecular formula is C14H23N5O. The molecule has 1 saturated heterocycles. The van der Waals surface area contributed by atoms with Gasteiger partial charge in [0.1, 0.15) is 0 Å². The third-order valence-corrected chi connectivity index (χ3v) is 3.42. The van der Waals surface area contributed by atoms with Gasteiger partial charge in [-0.2, -0.15) is 0 Å². The van der Waals surface area contributed by atoms with E-state index >= 15 is 0 Å². The van der Waals surface area contributed by atoms with E-state index in [1.807, 2.05) is 24.9 Å². The minimum Gasteiger partial charge on any atom is -0.385 e. The number of nitrogens with one attached hydrogen (secondary N) is 2. The lowest BCUT2D eigenvalue weighted by atomic mass is 10.2. The number of pyridine rings is 1. The van der Waals surface area contributed by atoms with Crippen LogP contribution >= 0.6 is 0 Å². The molecule has 2 heterocycles. The van der Waals surface area contributed by atoms with Gasteiger partial charge in [-0.1, -0.05) is 0 Å². The molecule has 0 saturated carbocycles. The number of aryl methyl sites for hydroxylation is 1. The van der Waals surface area contributed by atoms with Gasteiger partial charge in [0.15, 0.2) is 0 Å². The van der Waals surface area contributed by atoms with Crippen molar-refractivity contribution in [2.24, 2.45) is 0 Å². The zero-order chi connectivity index (χ0) is 14.5. The van der Waals surface area contributed by atoms with E-state index in [0.29, 0.717) is 5.56 Å². The molecule has 1 aromatic rings. The van der Waals surface area contributed by atoms with E-state index in [1.54, 1.807) is 6.20 Å². The van der Waals surface area contributed by atoms with Crippen molar-refractivity contribution in [1.82, 2.24) is 20.3 Å². The summed E-state index contributed by atoms with van der Waals surface area (Å²) in [5.74, 6) is -0.0991. The fraction of sp³-hybridized carbons (Fsp3) is 0.571. The van der Waals surface area contributed by atoms with Crippen molar-refractivity contribution in [3.63, 3.8) is 0 Å². The SMILES string of the molecule is CCNc1cc(C)ncc1C(=O)NN1CCN(C)CC1. The molecule has 1 amide bonds. The lowest BCUT2D eigenvalue weighted by molar-refractivity contribution is 0.0663. The molecule has 0 aromatic carbocycles. The van der Waals surface area contributed by atoms with Gasteiger partial charge in [-0.05, 0) is 27.0 Å². The number of nitrogens with zero attached hydrogens (tertiary/aromatic N) is 3. The van der Waals surface area contributed by atoms with Crippen LogP contribution in [0, 0.1) is 6.92 Å². The van der Waals surface area contributed by atoms with Crippen LogP contribution in [0.15, 0.2) is 12.3 Å². The van der Waals surface area contributed by atoms with E-state index in [9.17, 15) is 4.79 Å². The molecule has 20 heavy (non-hydrogen) atoms. The van der Waals surface area contributed by atoms with Crippen LogP contribution in [0.3, 0.4) is 0 Å². The Kier molecular flexibility index (Phi) is 4.92. The molecule has 2 N–H and O–H groups in total. The zero-order valence-electron chi connectivity index (χ0n) is 12.4. The molecule has 110 valence electrons. The first-order valence-electron chi connectivity index (χ1n) is 7.05. The molecule has 2 rings (SSSR count). The van der Waals surface area contributed by atoms with Crippen LogP contribution < -0.4 is 10.7 Å². The number of carbonyl (C=O) groups is 1. The number of hydrazine groups is 1. The van der Waals surface area contributed by atoms with Gasteiger partial charge in [-0.3, -0.25) is 15.2 Å². The maximum Gasteiger partial charge on any atom is 0.269 e. The van der Waals surface area contributed by atoms with Crippen LogP contribution in [0.25, 0.3) is 0 Å². The quantitative estimate of drug-likeness (QED) is 0.849. The number of rotatable bonds is 4. The minimum absolute atomic E-state index is 0.0991. The Balaban J connectivity index is 2.05. The van der Waals surface area contributed by atoms with Crippen LogP contribution in [0.5, 0.6) is 0 Å². The first-order chi connectivity index (χ1) is 9.60. The molecule has 1 aliphatic rings. The van der Waals surface area contributed by atoms with Crippen molar-refractivity contribution in [3.8, 4) is 0 Å². The summed E-state index contributed by atoms with van der Waals surface area (Å²) in [5.41, 5.74) is 5.30. The van der Waals surface area contributed by atoms with Crippen LogP contribution in [0.4, 0.5) is 5.69 Å². The zero-order valence-corrected chi connectivity index (χ0v) is 12.4. The molecule has 1 aromatic heterocycles. The molecule has 0 spiro atoms. The normalized spacial score (nSPS) is 16.9. The average Bonchev–Trinajstić information content (AvgIpc) is 2.42. The summed E-state index contributed by atoms with van der Waals surface area (Å²) >= 11 is 0. The Morgan fingerprint density at radius 3 is 2.70 bits per heavy atom. The van der Waals surface area contributed by atoms with Gasteiger partial charge in [0, 0.05) is 44.6 Å². The number of hydrogen-bond donors (Lipinski definition) is 2. The summed E-state index contributed by atoms with van der Waals surface area (Å²) in [6.07, 6.45) is 1.64. The minimum atomic E-state index is -0.0991. The van der Waals surface area contributed by atoms with Gasteiger partial charge in [0.25, 0.3) is 5.91 Å². The molecule has 0 radical (unpaired) electrons. The van der Waals surface area contributed by atoms with Gasteiger partial charge in [-0.25, -0.2) is 5.01 Å². The van der Waals surface area contributed by atoms with E-state index in [2.05, 4.69) is 27.7 Å². The molecular weight excluding hydrogens is 254 g/mol. The summed E-state index contributed by atoms with van der Waals surface area (Å²) in [6.45, 7) is 8.33. The van der Waals surface area contributed by atoms with Crippen LogP contribution in [-0.4, -0.2) is 60.6 Å². The van der Waals surface area contributed by atoms with E-state index < -0.39 is 0 Å². The highest BCUT2D eigenvalue weighted by molar-refractivity contribution is 5.99. The monoisotopic (exact) mass is 277 g/mol. The summed E-state index contributed by atoms with van der Waals surface area (Å²) in [7, 11) is 2.09. The number of anilines is 1. The Hall–Kier alpha value is -1.66. The van der Waals surface area contributed by atoms with E-state index in [-0.39, 0.29) is 5.91 Å². The lowest BCUT2D eigenvalue weighted by Crippen LogP contribution is -2.52. The van der Waals surface area contributed by atoms with Crippen molar-refractivity contribution in [3.05, 3.63) is 23.5 Å². The van der Waals surface area contributed by atoms with Gasteiger partial charge in [-0.15, -0.1) is 0 Å². The van der Waals surface area contributed by atoms with Crippen molar-refractivity contribution >= 4 is 11.6 Å². The Morgan fingerprint density at radius 2 is 2.05 bits per heavy atom. The van der Waals surface area contributed by atoms with E-state index in [4.69, 9.17) is 0 Å². The maximum atomic E-state index is 12.4. The number of hydrogen-bond acceptors (Lipinski definition) is 5. The van der Waals surface area contributed by atoms with Gasteiger partial charge >= 0.3 is 0 Å². The molecule has 0 unspecified atom stereocenters. The molecule has 6 nitrogen and oxygen atoms in total. The lowest BCUT2D eigenvalue weighted by Gasteiger charge is -2.32. The molecule has 0 bridgehead atoms. The largest absolute Gasteiger partial charge is 0.385 e. The second-order valence-electron chi connectivity index (χ2n) is 5.13. The van der Waals surface area contributed by atoms with Crippen LogP contribution in [-0.2, 0) is 0 Å². The highest BCUT2D eigenvalue weighted by Gasteiger charge is 2.18. The highest BCUT2D eigenvalue weighted by atomic mass is 16.2. The summed E-state index contributed by atoms with van der Waals surface area (Å²) in [4.78, 5) is 18.8. The number of piperazine rings is 1. The number of carbonyl (C=O) groups excluding carboxylic acids is 1. The van der Waals surface area contributed by atoms with Crippen LogP contribution in [0.2, 0.25) is 0 Å². The van der Waals surface area contributed by atoms with Gasteiger partial charge in [0.05, 0.1) is 11.3 Å². The van der Waals surface area contributed by atoms with Gasteiger partial charge < -0.3 is 10.2 Å². The Morgan fingerprint density at radius 1 is 1.35 bits per heavy atom. The van der Waals surface area contributed by atoms with Crippen molar-refractivity contribution in [2.75, 3.05) is 45.1 Å². The second kappa shape index (κ2) is 6.67. The van der Waals surface area contributed by atoms with Crippen molar-refractivity contribution < 1.29 is 4.79 Å². The number of amides is 1. The highest BCUT2D eigenvalue weighted by Crippen LogP contribution is 2.15. The second-order valence-corrected chi connectivity index (χ2v) is 5.13. The first-order valence-corrected chi connectivity index (χ1v) is 7.05. The first kappa shape index (κ1) is 14.7. The fourth-order valence-corrected chi connectivity index (χ4v) is 2.20. The predicted molar refractivity (Wildman–Crippen MR) is 79.7 cm³/mol. The molecule has 1 aliphatic heterocycles. The molecule has 0 atom stereocenters. The summed E-state index contributed by atoms with van der Waals surface area (Å²) < 4.78 is 0. The van der Waals surface area contributed by atoms with Crippen molar-refractivity contribution in [1.29, 1.82) is 0 Å². The summed E-state index contributed by atoms with van der Waals surface area (Å²) in [6, 6.07) is 1.91. The number of likely N-dealkylation sites (N-methyl/N-ethyl adjacent to an activating group) is 1. The predicted octanol–water partition coefficient (Wildman–Crippen LogP) is 0.714. The van der Waals surface area contributed by atoms with Gasteiger partial charge in [0.2, 0.25) is 0 Å². The Labute approximate surface area is 120 Å². The standard InChI is InChI=1S/C14H23N5O/c1-4-15-13-9-11(2)16-10-12(13)14(20)17-19-7-5-18(3)6-8-19/h9-10H,4-8H2,1-3H3,(H,15,16)(H,17,20).